The van der Waals surface area contributed by atoms with Crippen molar-refractivity contribution in [3.8, 4) is 5.75 Å². The quantitative estimate of drug-likeness (QED) is 0.825. The van der Waals surface area contributed by atoms with Crippen molar-refractivity contribution in [2.75, 3.05) is 6.61 Å². The lowest BCUT2D eigenvalue weighted by atomic mass is 9.83. The van der Waals surface area contributed by atoms with E-state index in [1.807, 2.05) is 12.1 Å². The van der Waals surface area contributed by atoms with E-state index in [4.69, 9.17) is 9.47 Å². The van der Waals surface area contributed by atoms with Crippen LogP contribution in [-0.4, -0.2) is 23.9 Å². The van der Waals surface area contributed by atoms with Gasteiger partial charge < -0.3 is 14.6 Å². The molecule has 4 rings (SSSR count). The summed E-state index contributed by atoms with van der Waals surface area (Å²) in [4.78, 5) is 0. The summed E-state index contributed by atoms with van der Waals surface area (Å²) in [7, 11) is 0. The Balaban J connectivity index is 1.69. The molecule has 3 aliphatic heterocycles. The highest BCUT2D eigenvalue weighted by atomic mass is 16.5. The molecule has 2 atom stereocenters. The first kappa shape index (κ1) is 10.8. The molecule has 0 aliphatic carbocycles. The molecule has 3 heteroatoms. The van der Waals surface area contributed by atoms with E-state index in [1.165, 1.54) is 5.56 Å². The first-order valence-corrected chi connectivity index (χ1v) is 6.87. The van der Waals surface area contributed by atoms with Gasteiger partial charge in [0.1, 0.15) is 5.75 Å². The third-order valence-corrected chi connectivity index (χ3v) is 4.55. The second kappa shape index (κ2) is 3.72. The zero-order chi connectivity index (χ0) is 12.2. The number of hydrogen-bond donors (Lipinski definition) is 1. The fourth-order valence-electron chi connectivity index (χ4n) is 3.63. The van der Waals surface area contributed by atoms with Gasteiger partial charge in [0.2, 0.25) is 0 Å². The molecule has 1 N–H and O–H groups in total. The molecule has 3 aliphatic rings. The van der Waals surface area contributed by atoms with Gasteiger partial charge in [-0.25, -0.2) is 0 Å². The molecule has 18 heavy (non-hydrogen) atoms. The maximum atomic E-state index is 10.9. The van der Waals surface area contributed by atoms with Crippen molar-refractivity contribution in [3.05, 3.63) is 29.3 Å². The molecule has 2 saturated heterocycles. The zero-order valence-corrected chi connectivity index (χ0v) is 10.4. The van der Waals surface area contributed by atoms with Gasteiger partial charge in [0.15, 0.2) is 0 Å². The minimum Gasteiger partial charge on any atom is -0.493 e. The van der Waals surface area contributed by atoms with E-state index in [9.17, 15) is 5.11 Å². The Bertz CT molecular complexity index is 471. The van der Waals surface area contributed by atoms with Crippen LogP contribution in [0.3, 0.4) is 0 Å². The van der Waals surface area contributed by atoms with Crippen molar-refractivity contribution in [2.24, 2.45) is 0 Å². The normalized spacial score (nSPS) is 37.4. The SMILES string of the molecule is OC1(c2ccc3c(c2)CCO3)CC2CCC(C1)O2. The summed E-state index contributed by atoms with van der Waals surface area (Å²) in [5.41, 5.74) is 1.59. The number of aliphatic hydroxyl groups is 1. The van der Waals surface area contributed by atoms with Crippen molar-refractivity contribution < 1.29 is 14.6 Å². The van der Waals surface area contributed by atoms with Crippen LogP contribution in [0.1, 0.15) is 36.8 Å². The summed E-state index contributed by atoms with van der Waals surface area (Å²) >= 11 is 0. The standard InChI is InChI=1S/C15H18O3/c16-15(8-12-2-3-13(9-15)18-12)11-1-4-14-10(7-11)5-6-17-14/h1,4,7,12-13,16H,2-3,5-6,8-9H2. The van der Waals surface area contributed by atoms with Gasteiger partial charge in [-0.05, 0) is 36.1 Å². The average Bonchev–Trinajstić information content (AvgIpc) is 2.95. The van der Waals surface area contributed by atoms with Crippen LogP contribution in [0.4, 0.5) is 0 Å². The minimum absolute atomic E-state index is 0.248. The summed E-state index contributed by atoms with van der Waals surface area (Å²) in [5, 5.41) is 10.9. The third-order valence-electron chi connectivity index (χ3n) is 4.55. The summed E-state index contributed by atoms with van der Waals surface area (Å²) in [6.45, 7) is 0.769. The second-order valence-electron chi connectivity index (χ2n) is 5.82. The number of hydrogen-bond acceptors (Lipinski definition) is 3. The average molecular weight is 246 g/mol. The molecular weight excluding hydrogens is 228 g/mol. The molecule has 0 saturated carbocycles. The van der Waals surface area contributed by atoms with E-state index >= 15 is 0 Å². The topological polar surface area (TPSA) is 38.7 Å². The summed E-state index contributed by atoms with van der Waals surface area (Å²) in [5.74, 6) is 0.984. The first-order valence-electron chi connectivity index (χ1n) is 6.87. The highest BCUT2D eigenvalue weighted by Crippen LogP contribution is 2.44. The molecule has 3 nitrogen and oxygen atoms in total. The number of fused-ring (bicyclic) bond motifs is 3. The van der Waals surface area contributed by atoms with Gasteiger partial charge in [-0.15, -0.1) is 0 Å². The highest BCUT2D eigenvalue weighted by molar-refractivity contribution is 5.42. The molecule has 2 fully saturated rings. The molecule has 96 valence electrons. The predicted octanol–water partition coefficient (Wildman–Crippen LogP) is 2.15. The molecule has 2 bridgehead atoms. The van der Waals surface area contributed by atoms with Crippen molar-refractivity contribution >= 4 is 0 Å². The van der Waals surface area contributed by atoms with Crippen LogP contribution in [0.5, 0.6) is 5.75 Å². The van der Waals surface area contributed by atoms with Gasteiger partial charge in [0, 0.05) is 19.3 Å². The van der Waals surface area contributed by atoms with Crippen LogP contribution < -0.4 is 4.74 Å². The van der Waals surface area contributed by atoms with Crippen LogP contribution in [0.2, 0.25) is 0 Å². The van der Waals surface area contributed by atoms with Crippen molar-refractivity contribution in [3.63, 3.8) is 0 Å². The Morgan fingerprint density at radius 2 is 1.94 bits per heavy atom. The first-order chi connectivity index (χ1) is 8.73. The molecular formula is C15H18O3. The lowest BCUT2D eigenvalue weighted by molar-refractivity contribution is -0.115. The highest BCUT2D eigenvalue weighted by Gasteiger charge is 2.44. The Hall–Kier alpha value is -1.06. The smallest absolute Gasteiger partial charge is 0.122 e. The van der Waals surface area contributed by atoms with Crippen LogP contribution >= 0.6 is 0 Å². The van der Waals surface area contributed by atoms with Gasteiger partial charge in [-0.2, -0.15) is 0 Å². The van der Waals surface area contributed by atoms with Crippen LogP contribution in [-0.2, 0) is 16.8 Å². The molecule has 0 spiro atoms. The van der Waals surface area contributed by atoms with Crippen LogP contribution in [0.15, 0.2) is 18.2 Å². The lowest BCUT2D eigenvalue weighted by Gasteiger charge is -2.37. The Kier molecular flexibility index (Phi) is 2.24. The minimum atomic E-state index is -0.693. The van der Waals surface area contributed by atoms with Gasteiger partial charge in [-0.1, -0.05) is 6.07 Å². The third kappa shape index (κ3) is 1.57. The van der Waals surface area contributed by atoms with Crippen molar-refractivity contribution in [2.45, 2.75) is 49.9 Å². The van der Waals surface area contributed by atoms with Gasteiger partial charge in [0.25, 0.3) is 0 Å². The maximum Gasteiger partial charge on any atom is 0.122 e. The van der Waals surface area contributed by atoms with E-state index in [1.54, 1.807) is 0 Å². The monoisotopic (exact) mass is 246 g/mol. The summed E-state index contributed by atoms with van der Waals surface area (Å²) < 4.78 is 11.3. The molecule has 0 amide bonds. The molecule has 0 radical (unpaired) electrons. The van der Waals surface area contributed by atoms with E-state index in [0.29, 0.717) is 0 Å². The largest absolute Gasteiger partial charge is 0.493 e. The van der Waals surface area contributed by atoms with E-state index in [2.05, 4.69) is 6.07 Å². The van der Waals surface area contributed by atoms with Crippen LogP contribution in [0.25, 0.3) is 0 Å². The number of benzene rings is 1. The molecule has 3 heterocycles. The predicted molar refractivity (Wildman–Crippen MR) is 66.7 cm³/mol. The molecule has 2 unspecified atom stereocenters. The molecule has 0 aromatic heterocycles. The Morgan fingerprint density at radius 3 is 2.72 bits per heavy atom. The molecule has 1 aromatic carbocycles. The van der Waals surface area contributed by atoms with Gasteiger partial charge >= 0.3 is 0 Å². The maximum absolute atomic E-state index is 10.9. The Labute approximate surface area is 107 Å². The summed E-state index contributed by atoms with van der Waals surface area (Å²) in [6, 6.07) is 6.16. The number of ether oxygens (including phenoxy) is 2. The van der Waals surface area contributed by atoms with Crippen molar-refractivity contribution in [1.82, 2.24) is 0 Å². The summed E-state index contributed by atoms with van der Waals surface area (Å²) in [6.07, 6.45) is 5.13. The Morgan fingerprint density at radius 1 is 1.17 bits per heavy atom. The van der Waals surface area contributed by atoms with Crippen LogP contribution in [0, 0.1) is 0 Å². The zero-order valence-electron chi connectivity index (χ0n) is 10.4. The van der Waals surface area contributed by atoms with Gasteiger partial charge in [0.05, 0.1) is 24.4 Å². The second-order valence-corrected chi connectivity index (χ2v) is 5.82. The fraction of sp³-hybridized carbons (Fsp3) is 0.600. The van der Waals surface area contributed by atoms with E-state index in [-0.39, 0.29) is 12.2 Å². The van der Waals surface area contributed by atoms with E-state index < -0.39 is 5.60 Å². The lowest BCUT2D eigenvalue weighted by Crippen LogP contribution is -2.38. The van der Waals surface area contributed by atoms with Crippen molar-refractivity contribution in [1.29, 1.82) is 0 Å². The molecule has 1 aromatic rings. The van der Waals surface area contributed by atoms with Gasteiger partial charge in [-0.3, -0.25) is 0 Å². The fourth-order valence-corrected chi connectivity index (χ4v) is 3.63. The number of rotatable bonds is 1. The van der Waals surface area contributed by atoms with E-state index in [0.717, 1.165) is 50.0 Å².